The Bertz CT molecular complexity index is 624. The molecule has 0 aliphatic heterocycles. The molecule has 0 aliphatic carbocycles. The predicted octanol–water partition coefficient (Wildman–Crippen LogP) is 2.30. The smallest absolute Gasteiger partial charge is 0.228 e. The van der Waals surface area contributed by atoms with Crippen molar-refractivity contribution in [3.63, 3.8) is 0 Å². The Morgan fingerprint density at radius 2 is 1.78 bits per heavy atom. The van der Waals surface area contributed by atoms with E-state index >= 15 is 0 Å². The molecule has 0 aliphatic rings. The highest BCUT2D eigenvalue weighted by atomic mass is 16.5. The third-order valence-corrected chi connectivity index (χ3v) is 3.55. The van der Waals surface area contributed by atoms with E-state index in [-0.39, 0.29) is 12.5 Å². The Morgan fingerprint density at radius 1 is 1.13 bits per heavy atom. The number of hydrogen-bond acceptors (Lipinski definition) is 4. The van der Waals surface area contributed by atoms with Crippen molar-refractivity contribution in [2.45, 2.75) is 6.42 Å². The highest BCUT2D eigenvalue weighted by Gasteiger charge is 2.05. The van der Waals surface area contributed by atoms with Gasteiger partial charge in [0.05, 0.1) is 20.1 Å². The van der Waals surface area contributed by atoms with Crippen molar-refractivity contribution in [3.8, 4) is 5.75 Å². The molecule has 2 aromatic rings. The van der Waals surface area contributed by atoms with Crippen molar-refractivity contribution in [2.24, 2.45) is 0 Å². The van der Waals surface area contributed by atoms with Crippen molar-refractivity contribution in [1.29, 1.82) is 0 Å². The summed E-state index contributed by atoms with van der Waals surface area (Å²) in [6.07, 6.45) is 0.316. The highest BCUT2D eigenvalue weighted by Crippen LogP contribution is 2.17. The average Bonchev–Trinajstić information content (AvgIpc) is 2.56. The minimum absolute atomic E-state index is 0.0633. The first-order valence-electron chi connectivity index (χ1n) is 7.47. The van der Waals surface area contributed by atoms with E-state index in [4.69, 9.17) is 9.84 Å². The number of carbonyl (C=O) groups excluding carboxylic acids is 1. The number of aliphatic hydroxyl groups excluding tert-OH is 1. The van der Waals surface area contributed by atoms with Gasteiger partial charge < -0.3 is 20.1 Å². The monoisotopic (exact) mass is 314 g/mol. The fraction of sp³-hybridized carbons (Fsp3) is 0.278. The molecule has 122 valence electrons. The first-order chi connectivity index (χ1) is 11.1. The van der Waals surface area contributed by atoms with E-state index in [1.165, 1.54) is 0 Å². The van der Waals surface area contributed by atoms with Gasteiger partial charge in [0.1, 0.15) is 5.75 Å². The summed E-state index contributed by atoms with van der Waals surface area (Å²) in [5, 5.41) is 11.8. The van der Waals surface area contributed by atoms with Gasteiger partial charge in [0.25, 0.3) is 0 Å². The lowest BCUT2D eigenvalue weighted by Gasteiger charge is -2.18. The summed E-state index contributed by atoms with van der Waals surface area (Å²) in [6.45, 7) is 0.681. The topological polar surface area (TPSA) is 61.8 Å². The summed E-state index contributed by atoms with van der Waals surface area (Å²) < 4.78 is 5.10. The number of benzene rings is 2. The van der Waals surface area contributed by atoms with E-state index < -0.39 is 0 Å². The molecule has 2 aromatic carbocycles. The molecule has 0 saturated heterocycles. The summed E-state index contributed by atoms with van der Waals surface area (Å²) >= 11 is 0. The Balaban J connectivity index is 1.91. The lowest BCUT2D eigenvalue weighted by molar-refractivity contribution is -0.115. The van der Waals surface area contributed by atoms with Crippen molar-refractivity contribution in [2.75, 3.05) is 37.5 Å². The lowest BCUT2D eigenvalue weighted by atomic mass is 10.1. The second-order valence-corrected chi connectivity index (χ2v) is 5.27. The van der Waals surface area contributed by atoms with Gasteiger partial charge in [-0.1, -0.05) is 12.1 Å². The summed E-state index contributed by atoms with van der Waals surface area (Å²) in [4.78, 5) is 14.0. The number of methoxy groups -OCH3 is 1. The minimum Gasteiger partial charge on any atom is -0.497 e. The van der Waals surface area contributed by atoms with Crippen LogP contribution in [-0.2, 0) is 11.2 Å². The minimum atomic E-state index is -0.0633. The number of aliphatic hydroxyl groups is 1. The van der Waals surface area contributed by atoms with Crippen LogP contribution in [-0.4, -0.2) is 38.3 Å². The van der Waals surface area contributed by atoms with Gasteiger partial charge >= 0.3 is 0 Å². The number of carbonyl (C=O) groups is 1. The third-order valence-electron chi connectivity index (χ3n) is 3.55. The molecule has 0 atom stereocenters. The van der Waals surface area contributed by atoms with Crippen molar-refractivity contribution < 1.29 is 14.6 Å². The molecule has 0 heterocycles. The van der Waals surface area contributed by atoms with E-state index in [1.54, 1.807) is 7.11 Å². The van der Waals surface area contributed by atoms with Gasteiger partial charge in [0.15, 0.2) is 0 Å². The molecule has 5 nitrogen and oxygen atoms in total. The number of ether oxygens (including phenoxy) is 1. The third kappa shape index (κ3) is 5.00. The molecule has 23 heavy (non-hydrogen) atoms. The van der Waals surface area contributed by atoms with Crippen LogP contribution >= 0.6 is 0 Å². The summed E-state index contributed by atoms with van der Waals surface area (Å²) in [5.74, 6) is 0.711. The quantitative estimate of drug-likeness (QED) is 0.823. The standard InChI is InChI=1S/C18H22N2O3/c1-20(11-12-21)16-7-5-15(6-8-16)19-18(22)13-14-3-9-17(23-2)10-4-14/h3-10,21H,11-13H2,1-2H3,(H,19,22). The first-order valence-corrected chi connectivity index (χ1v) is 7.47. The SMILES string of the molecule is COc1ccc(CC(=O)Nc2ccc(N(C)CCO)cc2)cc1. The van der Waals surface area contributed by atoms with Gasteiger partial charge in [-0.3, -0.25) is 4.79 Å². The number of nitrogens with zero attached hydrogens (tertiary/aromatic N) is 1. The number of rotatable bonds is 7. The zero-order valence-corrected chi connectivity index (χ0v) is 13.5. The fourth-order valence-electron chi connectivity index (χ4n) is 2.21. The molecule has 2 N–H and O–H groups in total. The first kappa shape index (κ1) is 16.8. The molecule has 5 heteroatoms. The van der Waals surface area contributed by atoms with Gasteiger partial charge in [0.2, 0.25) is 5.91 Å². The van der Waals surface area contributed by atoms with E-state index in [9.17, 15) is 4.79 Å². The Labute approximate surface area is 136 Å². The van der Waals surface area contributed by atoms with Gasteiger partial charge in [-0.25, -0.2) is 0 Å². The van der Waals surface area contributed by atoms with Gasteiger partial charge in [-0.2, -0.15) is 0 Å². The molecule has 0 aromatic heterocycles. The summed E-state index contributed by atoms with van der Waals surface area (Å²) in [6, 6.07) is 15.0. The average molecular weight is 314 g/mol. The van der Waals surface area contributed by atoms with Crippen LogP contribution in [0.5, 0.6) is 5.75 Å². The zero-order chi connectivity index (χ0) is 16.7. The Morgan fingerprint density at radius 3 is 2.35 bits per heavy atom. The van der Waals surface area contributed by atoms with Crippen LogP contribution in [0.15, 0.2) is 48.5 Å². The van der Waals surface area contributed by atoms with Crippen LogP contribution in [0.25, 0.3) is 0 Å². The van der Waals surface area contributed by atoms with Crippen LogP contribution in [0.3, 0.4) is 0 Å². The van der Waals surface area contributed by atoms with Crippen molar-refractivity contribution >= 4 is 17.3 Å². The van der Waals surface area contributed by atoms with Crippen LogP contribution in [0.2, 0.25) is 0 Å². The largest absolute Gasteiger partial charge is 0.497 e. The molecule has 2 rings (SSSR count). The lowest BCUT2D eigenvalue weighted by Crippen LogP contribution is -2.21. The second kappa shape index (κ2) is 8.19. The molecule has 0 radical (unpaired) electrons. The maximum absolute atomic E-state index is 12.1. The van der Waals surface area contributed by atoms with E-state index in [0.29, 0.717) is 13.0 Å². The Kier molecular flexibility index (Phi) is 6.00. The van der Waals surface area contributed by atoms with Crippen molar-refractivity contribution in [3.05, 3.63) is 54.1 Å². The predicted molar refractivity (Wildman–Crippen MR) is 92.1 cm³/mol. The second-order valence-electron chi connectivity index (χ2n) is 5.27. The van der Waals surface area contributed by atoms with Gasteiger partial charge in [0, 0.05) is 25.0 Å². The fourth-order valence-corrected chi connectivity index (χ4v) is 2.21. The number of nitrogens with one attached hydrogen (secondary N) is 1. The van der Waals surface area contributed by atoms with Crippen LogP contribution in [0.4, 0.5) is 11.4 Å². The molecule has 0 fully saturated rings. The van der Waals surface area contributed by atoms with Crippen LogP contribution in [0, 0.1) is 0 Å². The zero-order valence-electron chi connectivity index (χ0n) is 13.5. The highest BCUT2D eigenvalue weighted by molar-refractivity contribution is 5.92. The number of anilines is 2. The van der Waals surface area contributed by atoms with E-state index in [2.05, 4.69) is 5.32 Å². The molecule has 1 amide bonds. The maximum Gasteiger partial charge on any atom is 0.228 e. The number of likely N-dealkylation sites (N-methyl/N-ethyl adjacent to an activating group) is 1. The van der Waals surface area contributed by atoms with Gasteiger partial charge in [-0.15, -0.1) is 0 Å². The van der Waals surface area contributed by atoms with Crippen LogP contribution in [0.1, 0.15) is 5.56 Å². The van der Waals surface area contributed by atoms with Crippen LogP contribution < -0.4 is 15.0 Å². The summed E-state index contributed by atoms with van der Waals surface area (Å²) in [5.41, 5.74) is 2.68. The summed E-state index contributed by atoms with van der Waals surface area (Å²) in [7, 11) is 3.52. The molecule has 0 spiro atoms. The molecular weight excluding hydrogens is 292 g/mol. The Hall–Kier alpha value is -2.53. The van der Waals surface area contributed by atoms with Crippen molar-refractivity contribution in [1.82, 2.24) is 0 Å². The van der Waals surface area contributed by atoms with Gasteiger partial charge in [-0.05, 0) is 42.0 Å². The van der Waals surface area contributed by atoms with E-state index in [1.807, 2.05) is 60.5 Å². The number of hydrogen-bond donors (Lipinski definition) is 2. The number of amides is 1. The molecule has 0 unspecified atom stereocenters. The van der Waals surface area contributed by atoms with E-state index in [0.717, 1.165) is 22.7 Å². The maximum atomic E-state index is 12.1. The molecular formula is C18H22N2O3. The molecule has 0 bridgehead atoms. The molecule has 0 saturated carbocycles. The normalized spacial score (nSPS) is 10.2.